The fourth-order valence-electron chi connectivity index (χ4n) is 2.14. The van der Waals surface area contributed by atoms with Crippen LogP contribution in [0.15, 0.2) is 53.0 Å². The van der Waals surface area contributed by atoms with Crippen molar-refractivity contribution < 1.29 is 9.53 Å². The second-order valence-corrected chi connectivity index (χ2v) is 5.87. The molecule has 110 valence electrons. The number of hydrogen-bond donors (Lipinski definition) is 0. The minimum Gasteiger partial charge on any atom is -0.497 e. The molecule has 2 rings (SSSR count). The molecule has 21 heavy (non-hydrogen) atoms. The predicted molar refractivity (Wildman–Crippen MR) is 87.8 cm³/mol. The highest BCUT2D eigenvalue weighted by Gasteiger charge is 2.10. The Bertz CT molecular complexity index is 628. The summed E-state index contributed by atoms with van der Waals surface area (Å²) in [6.45, 7) is 1.11. The van der Waals surface area contributed by atoms with Gasteiger partial charge in [-0.05, 0) is 36.9 Å². The van der Waals surface area contributed by atoms with Crippen LogP contribution in [0.5, 0.6) is 5.75 Å². The molecule has 2 aromatic rings. The molecule has 0 heterocycles. The molecule has 0 bridgehead atoms. The minimum absolute atomic E-state index is 0.0893. The summed E-state index contributed by atoms with van der Waals surface area (Å²) in [6.07, 6.45) is 0. The highest BCUT2D eigenvalue weighted by molar-refractivity contribution is 9.10. The average molecular weight is 348 g/mol. The van der Waals surface area contributed by atoms with E-state index in [1.165, 1.54) is 5.56 Å². The molecule has 0 aromatic heterocycles. The number of likely N-dealkylation sites (N-methyl/N-ethyl adjacent to an activating group) is 1. The van der Waals surface area contributed by atoms with Crippen LogP contribution < -0.4 is 4.74 Å². The van der Waals surface area contributed by atoms with Crippen molar-refractivity contribution in [1.82, 2.24) is 4.90 Å². The molecule has 0 unspecified atom stereocenters. The third kappa shape index (κ3) is 4.69. The number of ketones is 1. The van der Waals surface area contributed by atoms with Gasteiger partial charge >= 0.3 is 0 Å². The van der Waals surface area contributed by atoms with Gasteiger partial charge in [-0.3, -0.25) is 9.69 Å². The van der Waals surface area contributed by atoms with Gasteiger partial charge in [-0.15, -0.1) is 0 Å². The summed E-state index contributed by atoms with van der Waals surface area (Å²) >= 11 is 3.46. The molecule has 0 saturated heterocycles. The molecule has 0 aliphatic rings. The van der Waals surface area contributed by atoms with Crippen LogP contribution in [0, 0.1) is 0 Å². The van der Waals surface area contributed by atoms with Crippen LogP contribution in [0.3, 0.4) is 0 Å². The van der Waals surface area contributed by atoms with Crippen molar-refractivity contribution in [2.24, 2.45) is 0 Å². The Balaban J connectivity index is 1.98. The molecule has 0 aliphatic carbocycles. The van der Waals surface area contributed by atoms with Gasteiger partial charge in [-0.2, -0.15) is 0 Å². The number of benzene rings is 2. The number of hydrogen-bond acceptors (Lipinski definition) is 3. The number of nitrogens with zero attached hydrogens (tertiary/aromatic N) is 1. The zero-order chi connectivity index (χ0) is 15.2. The fourth-order valence-corrected chi connectivity index (χ4v) is 2.58. The van der Waals surface area contributed by atoms with Crippen molar-refractivity contribution in [3.63, 3.8) is 0 Å². The van der Waals surface area contributed by atoms with Crippen molar-refractivity contribution in [2.45, 2.75) is 6.54 Å². The van der Waals surface area contributed by atoms with E-state index in [4.69, 9.17) is 4.74 Å². The van der Waals surface area contributed by atoms with Gasteiger partial charge in [0, 0.05) is 16.6 Å². The monoisotopic (exact) mass is 347 g/mol. The number of Topliss-reactive ketones (excluding diaryl/α,β-unsaturated/α-hetero) is 1. The van der Waals surface area contributed by atoms with E-state index in [2.05, 4.69) is 28.1 Å². The first-order valence-corrected chi connectivity index (χ1v) is 7.48. The Morgan fingerprint density at radius 3 is 2.67 bits per heavy atom. The molecule has 0 aliphatic heterocycles. The first-order valence-electron chi connectivity index (χ1n) is 6.68. The number of carbonyl (C=O) groups excluding carboxylic acids is 1. The highest BCUT2D eigenvalue weighted by Crippen LogP contribution is 2.15. The van der Waals surface area contributed by atoms with E-state index >= 15 is 0 Å². The van der Waals surface area contributed by atoms with E-state index in [1.54, 1.807) is 13.2 Å². The van der Waals surface area contributed by atoms with E-state index in [9.17, 15) is 4.79 Å². The first kappa shape index (κ1) is 15.7. The number of rotatable bonds is 6. The molecule has 0 fully saturated rings. The van der Waals surface area contributed by atoms with Gasteiger partial charge in [0.1, 0.15) is 5.75 Å². The van der Waals surface area contributed by atoms with Gasteiger partial charge in [0.25, 0.3) is 0 Å². The van der Waals surface area contributed by atoms with Gasteiger partial charge < -0.3 is 4.74 Å². The zero-order valence-corrected chi connectivity index (χ0v) is 13.8. The summed E-state index contributed by atoms with van der Waals surface area (Å²) in [5.41, 5.74) is 1.85. The highest BCUT2D eigenvalue weighted by atomic mass is 79.9. The molecule has 0 spiro atoms. The summed E-state index contributed by atoms with van der Waals surface area (Å²) in [4.78, 5) is 14.3. The predicted octanol–water partition coefficient (Wildman–Crippen LogP) is 3.77. The van der Waals surface area contributed by atoms with E-state index in [-0.39, 0.29) is 5.78 Å². The van der Waals surface area contributed by atoms with Gasteiger partial charge in [0.2, 0.25) is 0 Å². The van der Waals surface area contributed by atoms with Crippen LogP contribution in [-0.4, -0.2) is 31.4 Å². The van der Waals surface area contributed by atoms with Gasteiger partial charge in [0.15, 0.2) is 5.78 Å². The van der Waals surface area contributed by atoms with E-state index < -0.39 is 0 Å². The van der Waals surface area contributed by atoms with Crippen molar-refractivity contribution in [3.05, 3.63) is 64.1 Å². The number of methoxy groups -OCH3 is 1. The summed E-state index contributed by atoms with van der Waals surface area (Å²) in [6, 6.07) is 15.4. The molecule has 0 amide bonds. The molecule has 3 nitrogen and oxygen atoms in total. The summed E-state index contributed by atoms with van der Waals surface area (Å²) in [5, 5.41) is 0. The molecule has 2 aromatic carbocycles. The van der Waals surface area contributed by atoms with E-state index in [0.717, 1.165) is 11.0 Å². The standard InChI is InChI=1S/C17H18BrNO2/c1-19(11-13-5-3-7-15(18)9-13)12-17(20)14-6-4-8-16(10-14)21-2/h3-10H,11-12H2,1-2H3. The quantitative estimate of drug-likeness (QED) is 0.745. The summed E-state index contributed by atoms with van der Waals surface area (Å²) in [7, 11) is 3.54. The smallest absolute Gasteiger partial charge is 0.176 e. The molecular weight excluding hydrogens is 330 g/mol. The normalized spacial score (nSPS) is 10.7. The van der Waals surface area contributed by atoms with Crippen molar-refractivity contribution in [2.75, 3.05) is 20.7 Å². The lowest BCUT2D eigenvalue weighted by molar-refractivity contribution is 0.0942. The third-order valence-electron chi connectivity index (χ3n) is 3.15. The Labute approximate surface area is 133 Å². The lowest BCUT2D eigenvalue weighted by atomic mass is 10.1. The van der Waals surface area contributed by atoms with Crippen LogP contribution >= 0.6 is 15.9 Å². The van der Waals surface area contributed by atoms with Crippen molar-refractivity contribution in [3.8, 4) is 5.75 Å². The second kappa shape index (κ2) is 7.38. The van der Waals surface area contributed by atoms with Crippen LogP contribution in [0.2, 0.25) is 0 Å². The first-order chi connectivity index (χ1) is 10.1. The fraction of sp³-hybridized carbons (Fsp3) is 0.235. The second-order valence-electron chi connectivity index (χ2n) is 4.96. The average Bonchev–Trinajstić information content (AvgIpc) is 2.47. The van der Waals surface area contributed by atoms with Crippen molar-refractivity contribution in [1.29, 1.82) is 0 Å². The van der Waals surface area contributed by atoms with Crippen LogP contribution in [0.1, 0.15) is 15.9 Å². The molecule has 4 heteroatoms. The van der Waals surface area contributed by atoms with Gasteiger partial charge in [-0.25, -0.2) is 0 Å². The van der Waals surface area contributed by atoms with Crippen LogP contribution in [0.4, 0.5) is 0 Å². The maximum Gasteiger partial charge on any atom is 0.176 e. The van der Waals surface area contributed by atoms with Gasteiger partial charge in [-0.1, -0.05) is 40.2 Å². The van der Waals surface area contributed by atoms with Crippen molar-refractivity contribution >= 4 is 21.7 Å². The lowest BCUT2D eigenvalue weighted by Gasteiger charge is -2.16. The summed E-state index contributed by atoms with van der Waals surface area (Å²) in [5.74, 6) is 0.793. The molecule has 0 saturated carbocycles. The van der Waals surface area contributed by atoms with E-state index in [0.29, 0.717) is 17.9 Å². The Kier molecular flexibility index (Phi) is 5.53. The SMILES string of the molecule is COc1cccc(C(=O)CN(C)Cc2cccc(Br)c2)c1. The molecular formula is C17H18BrNO2. The number of halogens is 1. The largest absolute Gasteiger partial charge is 0.497 e. The Hall–Kier alpha value is -1.65. The Morgan fingerprint density at radius 1 is 1.19 bits per heavy atom. The van der Waals surface area contributed by atoms with Crippen LogP contribution in [-0.2, 0) is 6.54 Å². The number of carbonyl (C=O) groups is 1. The third-order valence-corrected chi connectivity index (χ3v) is 3.64. The molecule has 0 radical (unpaired) electrons. The topological polar surface area (TPSA) is 29.5 Å². The lowest BCUT2D eigenvalue weighted by Crippen LogP contribution is -2.25. The Morgan fingerprint density at radius 2 is 1.95 bits per heavy atom. The van der Waals surface area contributed by atoms with Crippen LogP contribution in [0.25, 0.3) is 0 Å². The number of ether oxygens (including phenoxy) is 1. The van der Waals surface area contributed by atoms with E-state index in [1.807, 2.05) is 42.3 Å². The molecule has 0 N–H and O–H groups in total. The maximum absolute atomic E-state index is 12.3. The van der Waals surface area contributed by atoms with Gasteiger partial charge in [0.05, 0.1) is 13.7 Å². The maximum atomic E-state index is 12.3. The summed E-state index contributed by atoms with van der Waals surface area (Å²) < 4.78 is 6.20. The minimum atomic E-state index is 0.0893. The molecule has 0 atom stereocenters. The zero-order valence-electron chi connectivity index (χ0n) is 12.2.